The number of aryl methyl sites for hydroxylation is 1. The molecule has 0 fully saturated rings. The molecule has 1 aromatic carbocycles. The third kappa shape index (κ3) is 2.58. The highest BCUT2D eigenvalue weighted by molar-refractivity contribution is 7.99. The van der Waals surface area contributed by atoms with Gasteiger partial charge in [0.05, 0.1) is 6.54 Å². The number of rotatable bonds is 4. The molecule has 0 bridgehead atoms. The molecule has 0 saturated carbocycles. The fourth-order valence-electron chi connectivity index (χ4n) is 2.49. The zero-order valence-electron chi connectivity index (χ0n) is 11.3. The van der Waals surface area contributed by atoms with E-state index in [-0.39, 0.29) is 11.9 Å². The average Bonchev–Trinajstić information content (AvgIpc) is 2.93. The minimum absolute atomic E-state index is 0.115. The van der Waals surface area contributed by atoms with Crippen molar-refractivity contribution in [3.63, 3.8) is 0 Å². The molecule has 20 heavy (non-hydrogen) atoms. The number of aromatic nitrogens is 3. The summed E-state index contributed by atoms with van der Waals surface area (Å²) in [5, 5.41) is 11.5. The Kier molecular flexibility index (Phi) is 4.03. The predicted octanol–water partition coefficient (Wildman–Crippen LogP) is 2.76. The summed E-state index contributed by atoms with van der Waals surface area (Å²) in [6.45, 7) is 3.57. The van der Waals surface area contributed by atoms with E-state index in [4.69, 9.17) is 0 Å². The summed E-state index contributed by atoms with van der Waals surface area (Å²) < 4.78 is 15.8. The first-order valence-corrected chi connectivity index (χ1v) is 7.79. The van der Waals surface area contributed by atoms with Crippen LogP contribution < -0.4 is 5.32 Å². The second kappa shape index (κ2) is 5.93. The maximum Gasteiger partial charge on any atom is 0.146 e. The van der Waals surface area contributed by atoms with Crippen LogP contribution in [0.1, 0.15) is 30.8 Å². The van der Waals surface area contributed by atoms with Crippen LogP contribution in [0.2, 0.25) is 0 Å². The maximum atomic E-state index is 13.8. The monoisotopic (exact) mass is 292 g/mol. The van der Waals surface area contributed by atoms with E-state index in [1.165, 1.54) is 6.07 Å². The van der Waals surface area contributed by atoms with Crippen LogP contribution in [0.15, 0.2) is 29.4 Å². The van der Waals surface area contributed by atoms with E-state index in [2.05, 4.69) is 22.4 Å². The molecule has 1 aromatic heterocycles. The van der Waals surface area contributed by atoms with Gasteiger partial charge in [0.2, 0.25) is 0 Å². The van der Waals surface area contributed by atoms with Crippen molar-refractivity contribution in [2.75, 3.05) is 5.75 Å². The second-order valence-electron chi connectivity index (χ2n) is 4.76. The molecular formula is C14H17FN4S. The Morgan fingerprint density at radius 1 is 1.50 bits per heavy atom. The Balaban J connectivity index is 1.75. The number of hydrogen-bond acceptors (Lipinski definition) is 4. The number of benzene rings is 1. The van der Waals surface area contributed by atoms with Crippen molar-refractivity contribution in [1.82, 2.24) is 20.1 Å². The van der Waals surface area contributed by atoms with E-state index < -0.39 is 0 Å². The number of hydrogen-bond donors (Lipinski definition) is 1. The van der Waals surface area contributed by atoms with Crippen LogP contribution in [0.4, 0.5) is 4.39 Å². The van der Waals surface area contributed by atoms with Gasteiger partial charge >= 0.3 is 0 Å². The lowest BCUT2D eigenvalue weighted by atomic mass is 10.0. The highest BCUT2D eigenvalue weighted by Crippen LogP contribution is 2.37. The molecule has 6 heteroatoms. The highest BCUT2D eigenvalue weighted by atomic mass is 32.2. The minimum Gasteiger partial charge on any atom is -0.317 e. The van der Waals surface area contributed by atoms with E-state index in [9.17, 15) is 4.39 Å². The molecule has 1 atom stereocenters. The van der Waals surface area contributed by atoms with Crippen LogP contribution in [-0.4, -0.2) is 20.5 Å². The lowest BCUT2D eigenvalue weighted by molar-refractivity contribution is 0.480. The highest BCUT2D eigenvalue weighted by Gasteiger charge is 2.23. The van der Waals surface area contributed by atoms with Gasteiger partial charge in [0.15, 0.2) is 0 Å². The molecular weight excluding hydrogens is 275 g/mol. The summed E-state index contributed by atoms with van der Waals surface area (Å²) in [6.07, 6.45) is 2.74. The van der Waals surface area contributed by atoms with Crippen LogP contribution in [0.3, 0.4) is 0 Å². The largest absolute Gasteiger partial charge is 0.317 e. The summed E-state index contributed by atoms with van der Waals surface area (Å²) in [6, 6.07) is 5.50. The Morgan fingerprint density at radius 2 is 2.40 bits per heavy atom. The second-order valence-corrected chi connectivity index (χ2v) is 5.87. The zero-order chi connectivity index (χ0) is 13.9. The summed E-state index contributed by atoms with van der Waals surface area (Å²) in [4.78, 5) is 0.785. The van der Waals surface area contributed by atoms with Crippen LogP contribution in [0.25, 0.3) is 0 Å². The van der Waals surface area contributed by atoms with Gasteiger partial charge in [-0.25, -0.2) is 4.39 Å². The molecule has 1 N–H and O–H groups in total. The van der Waals surface area contributed by atoms with Crippen molar-refractivity contribution >= 4 is 11.8 Å². The Bertz CT molecular complexity index is 599. The summed E-state index contributed by atoms with van der Waals surface area (Å²) >= 11 is 1.60. The van der Waals surface area contributed by atoms with Crippen molar-refractivity contribution in [1.29, 1.82) is 0 Å². The third-order valence-electron chi connectivity index (χ3n) is 3.57. The Hall–Kier alpha value is -1.40. The molecule has 106 valence electrons. The molecule has 0 aliphatic carbocycles. The normalized spacial score (nSPS) is 18.0. The fraction of sp³-hybridized carbons (Fsp3) is 0.429. The standard InChI is InChI=1S/C14H17FN4S/c1-2-19-9-17-18-13(19)8-16-12-6-7-20-14-10(12)4-3-5-11(14)15/h3-5,9,12,16H,2,6-8H2,1H3. The van der Waals surface area contributed by atoms with Crippen molar-refractivity contribution in [2.24, 2.45) is 0 Å². The number of nitrogens with one attached hydrogen (secondary N) is 1. The fourth-order valence-corrected chi connectivity index (χ4v) is 3.63. The van der Waals surface area contributed by atoms with Gasteiger partial charge < -0.3 is 9.88 Å². The molecule has 4 nitrogen and oxygen atoms in total. The molecule has 3 rings (SSSR count). The van der Waals surface area contributed by atoms with E-state index in [0.717, 1.165) is 35.0 Å². The zero-order valence-corrected chi connectivity index (χ0v) is 12.2. The maximum absolute atomic E-state index is 13.8. The van der Waals surface area contributed by atoms with Gasteiger partial charge in [-0.3, -0.25) is 0 Å². The third-order valence-corrected chi connectivity index (χ3v) is 4.73. The van der Waals surface area contributed by atoms with Gasteiger partial charge in [-0.15, -0.1) is 22.0 Å². The molecule has 2 heterocycles. The topological polar surface area (TPSA) is 42.7 Å². The molecule has 0 saturated heterocycles. The smallest absolute Gasteiger partial charge is 0.146 e. The SMILES string of the molecule is CCn1cnnc1CNC1CCSc2c(F)cccc21. The van der Waals surface area contributed by atoms with E-state index in [0.29, 0.717) is 6.54 Å². The quantitative estimate of drug-likeness (QED) is 0.941. The first kappa shape index (κ1) is 13.6. The van der Waals surface area contributed by atoms with Crippen molar-refractivity contribution in [3.8, 4) is 0 Å². The van der Waals surface area contributed by atoms with E-state index >= 15 is 0 Å². The average molecular weight is 292 g/mol. The van der Waals surface area contributed by atoms with Crippen molar-refractivity contribution in [2.45, 2.75) is 37.4 Å². The Labute approximate surface area is 121 Å². The van der Waals surface area contributed by atoms with Gasteiger partial charge in [0.1, 0.15) is 18.0 Å². The van der Waals surface area contributed by atoms with E-state index in [1.807, 2.05) is 10.6 Å². The lowest BCUT2D eigenvalue weighted by Crippen LogP contribution is -2.26. The van der Waals surface area contributed by atoms with E-state index in [1.54, 1.807) is 24.2 Å². The number of fused-ring (bicyclic) bond motifs is 1. The van der Waals surface area contributed by atoms with Crippen LogP contribution in [0, 0.1) is 5.82 Å². The number of halogens is 1. The van der Waals surface area contributed by atoms with Crippen LogP contribution in [-0.2, 0) is 13.1 Å². The van der Waals surface area contributed by atoms with Crippen LogP contribution >= 0.6 is 11.8 Å². The summed E-state index contributed by atoms with van der Waals surface area (Å²) in [5.74, 6) is 1.74. The molecule has 2 aromatic rings. The minimum atomic E-state index is -0.115. The molecule has 1 aliphatic heterocycles. The Morgan fingerprint density at radius 3 is 3.25 bits per heavy atom. The van der Waals surface area contributed by atoms with Gasteiger partial charge in [0, 0.05) is 17.5 Å². The molecule has 0 spiro atoms. The summed E-state index contributed by atoms with van der Waals surface area (Å²) in [5.41, 5.74) is 1.06. The van der Waals surface area contributed by atoms with Crippen molar-refractivity contribution in [3.05, 3.63) is 41.7 Å². The van der Waals surface area contributed by atoms with Gasteiger partial charge in [-0.05, 0) is 30.7 Å². The number of thioether (sulfide) groups is 1. The summed E-state index contributed by atoms with van der Waals surface area (Å²) in [7, 11) is 0. The van der Waals surface area contributed by atoms with Gasteiger partial charge in [0.25, 0.3) is 0 Å². The van der Waals surface area contributed by atoms with Crippen molar-refractivity contribution < 1.29 is 4.39 Å². The number of nitrogens with zero attached hydrogens (tertiary/aromatic N) is 3. The van der Waals surface area contributed by atoms with Crippen LogP contribution in [0.5, 0.6) is 0 Å². The molecule has 1 unspecified atom stereocenters. The molecule has 0 radical (unpaired) electrons. The molecule has 0 amide bonds. The molecule has 1 aliphatic rings. The first-order chi connectivity index (χ1) is 9.79. The lowest BCUT2D eigenvalue weighted by Gasteiger charge is -2.26. The first-order valence-electron chi connectivity index (χ1n) is 6.81. The predicted molar refractivity (Wildman–Crippen MR) is 77.0 cm³/mol. The van der Waals surface area contributed by atoms with Gasteiger partial charge in [-0.1, -0.05) is 12.1 Å². The van der Waals surface area contributed by atoms with Gasteiger partial charge in [-0.2, -0.15) is 0 Å².